The first kappa shape index (κ1) is 18.6. The summed E-state index contributed by atoms with van der Waals surface area (Å²) in [5.74, 6) is -0.693. The van der Waals surface area contributed by atoms with Gasteiger partial charge in [-0.1, -0.05) is 29.5 Å². The number of amides is 1. The number of anilines is 1. The summed E-state index contributed by atoms with van der Waals surface area (Å²) in [5, 5.41) is 7.84. The van der Waals surface area contributed by atoms with Crippen LogP contribution in [0.4, 0.5) is 9.52 Å². The molecular weight excluding hydrogens is 401 g/mol. The summed E-state index contributed by atoms with van der Waals surface area (Å²) in [4.78, 5) is 22.8. The molecule has 0 fully saturated rings. The van der Waals surface area contributed by atoms with Crippen molar-refractivity contribution in [2.45, 2.75) is 26.2 Å². The highest BCUT2D eigenvalue weighted by Gasteiger charge is 2.28. The zero-order valence-corrected chi connectivity index (χ0v) is 17.0. The van der Waals surface area contributed by atoms with E-state index >= 15 is 0 Å². The van der Waals surface area contributed by atoms with Crippen molar-refractivity contribution in [2.24, 2.45) is 0 Å². The van der Waals surface area contributed by atoms with Crippen molar-refractivity contribution in [3.8, 4) is 16.3 Å². The van der Waals surface area contributed by atoms with Gasteiger partial charge in [0, 0.05) is 17.5 Å². The van der Waals surface area contributed by atoms with Gasteiger partial charge in [0.15, 0.2) is 10.8 Å². The fraction of sp³-hybridized carbons (Fsp3) is 0.182. The number of nitrogens with zero attached hydrogens (tertiary/aromatic N) is 4. The highest BCUT2D eigenvalue weighted by Crippen LogP contribution is 2.33. The van der Waals surface area contributed by atoms with E-state index in [1.54, 1.807) is 29.1 Å². The average molecular weight is 419 g/mol. The molecule has 0 spiro atoms. The van der Waals surface area contributed by atoms with Gasteiger partial charge in [0.1, 0.15) is 11.5 Å². The van der Waals surface area contributed by atoms with Crippen LogP contribution in [-0.2, 0) is 12.8 Å². The molecule has 150 valence electrons. The number of aryl methyl sites for hydroxylation is 1. The van der Waals surface area contributed by atoms with E-state index in [0.717, 1.165) is 46.8 Å². The summed E-state index contributed by atoms with van der Waals surface area (Å²) in [6.07, 6.45) is 4.17. The lowest BCUT2D eigenvalue weighted by molar-refractivity contribution is 0.102. The van der Waals surface area contributed by atoms with E-state index < -0.39 is 0 Å². The largest absolute Gasteiger partial charge is 0.296 e. The van der Waals surface area contributed by atoms with Gasteiger partial charge in [0.25, 0.3) is 5.91 Å². The van der Waals surface area contributed by atoms with Crippen molar-refractivity contribution in [1.29, 1.82) is 0 Å². The lowest BCUT2D eigenvalue weighted by Gasteiger charge is -2.06. The zero-order valence-electron chi connectivity index (χ0n) is 16.2. The Morgan fingerprint density at radius 1 is 1.17 bits per heavy atom. The van der Waals surface area contributed by atoms with Crippen LogP contribution >= 0.6 is 11.3 Å². The molecule has 1 amide bonds. The van der Waals surface area contributed by atoms with E-state index in [1.165, 1.54) is 17.4 Å². The third-order valence-corrected chi connectivity index (χ3v) is 6.24. The van der Waals surface area contributed by atoms with Gasteiger partial charge in [-0.2, -0.15) is 5.10 Å². The minimum absolute atomic E-state index is 0.329. The number of hydrogen-bond acceptors (Lipinski definition) is 5. The SMILES string of the molecule is Cc1nc(NC(=O)c2nn(-c3ccccc3F)c3c2CCC3)sc1-c1ccccn1. The molecule has 3 aromatic heterocycles. The molecule has 0 saturated carbocycles. The molecule has 1 aliphatic carbocycles. The fourth-order valence-electron chi connectivity index (χ4n) is 3.78. The second-order valence-electron chi connectivity index (χ2n) is 7.09. The van der Waals surface area contributed by atoms with Crippen molar-refractivity contribution >= 4 is 22.4 Å². The molecule has 8 heteroatoms. The highest BCUT2D eigenvalue weighted by molar-refractivity contribution is 7.19. The van der Waals surface area contributed by atoms with Crippen LogP contribution in [0.3, 0.4) is 0 Å². The second-order valence-corrected chi connectivity index (χ2v) is 8.09. The predicted octanol–water partition coefficient (Wildman–Crippen LogP) is 4.58. The molecule has 1 aliphatic rings. The van der Waals surface area contributed by atoms with Crippen molar-refractivity contribution < 1.29 is 9.18 Å². The van der Waals surface area contributed by atoms with Gasteiger partial charge in [-0.05, 0) is 50.5 Å². The van der Waals surface area contributed by atoms with Gasteiger partial charge in [-0.3, -0.25) is 15.1 Å². The molecule has 0 radical (unpaired) electrons. The molecule has 5 rings (SSSR count). The van der Waals surface area contributed by atoms with E-state index in [4.69, 9.17) is 0 Å². The normalized spacial score (nSPS) is 12.7. The monoisotopic (exact) mass is 419 g/mol. The van der Waals surface area contributed by atoms with E-state index in [-0.39, 0.29) is 11.7 Å². The van der Waals surface area contributed by atoms with Gasteiger partial charge < -0.3 is 0 Å². The Bertz CT molecular complexity index is 1250. The van der Waals surface area contributed by atoms with Crippen molar-refractivity contribution in [3.63, 3.8) is 0 Å². The lowest BCUT2D eigenvalue weighted by Crippen LogP contribution is -2.15. The van der Waals surface area contributed by atoms with Gasteiger partial charge in [0.05, 0.1) is 16.3 Å². The Labute approximate surface area is 176 Å². The topological polar surface area (TPSA) is 72.7 Å². The molecule has 1 N–H and O–H groups in total. The van der Waals surface area contributed by atoms with Gasteiger partial charge in [0.2, 0.25) is 0 Å². The standard InChI is InChI=1S/C22H18FN5OS/c1-13-20(16-9-4-5-12-24-16)30-22(25-13)26-21(29)19-14-7-6-11-17(14)28(27-19)18-10-3-2-8-15(18)23/h2-5,8-10,12H,6-7,11H2,1H3,(H,25,26,29). The number of aromatic nitrogens is 4. The third kappa shape index (κ3) is 3.19. The van der Waals surface area contributed by atoms with Crippen LogP contribution in [0.15, 0.2) is 48.7 Å². The quantitative estimate of drug-likeness (QED) is 0.526. The molecule has 3 heterocycles. The zero-order chi connectivity index (χ0) is 20.7. The van der Waals surface area contributed by atoms with Crippen LogP contribution < -0.4 is 5.32 Å². The summed E-state index contributed by atoms with van der Waals surface area (Å²) in [6.45, 7) is 1.89. The molecule has 0 aliphatic heterocycles. The minimum atomic E-state index is -0.364. The summed E-state index contributed by atoms with van der Waals surface area (Å²) in [7, 11) is 0. The number of pyridine rings is 1. The number of carbonyl (C=O) groups excluding carboxylic acids is 1. The summed E-state index contributed by atoms with van der Waals surface area (Å²) in [5.41, 5.74) is 4.09. The van der Waals surface area contributed by atoms with Gasteiger partial charge in [-0.15, -0.1) is 0 Å². The first-order valence-corrected chi connectivity index (χ1v) is 10.5. The maximum absolute atomic E-state index is 14.3. The number of para-hydroxylation sites is 1. The Balaban J connectivity index is 1.47. The molecule has 1 aromatic carbocycles. The molecule has 0 saturated heterocycles. The smallest absolute Gasteiger partial charge is 0.278 e. The Kier molecular flexibility index (Phi) is 4.63. The molecule has 0 atom stereocenters. The Hall–Kier alpha value is -3.39. The number of rotatable bonds is 4. The predicted molar refractivity (Wildman–Crippen MR) is 114 cm³/mol. The van der Waals surface area contributed by atoms with E-state index in [2.05, 4.69) is 20.4 Å². The number of carbonyl (C=O) groups is 1. The Morgan fingerprint density at radius 2 is 2.00 bits per heavy atom. The Morgan fingerprint density at radius 3 is 2.80 bits per heavy atom. The molecule has 30 heavy (non-hydrogen) atoms. The van der Waals surface area contributed by atoms with E-state index in [1.807, 2.05) is 25.1 Å². The number of halogens is 1. The van der Waals surface area contributed by atoms with Crippen molar-refractivity contribution in [2.75, 3.05) is 5.32 Å². The van der Waals surface area contributed by atoms with Crippen LogP contribution in [0.5, 0.6) is 0 Å². The van der Waals surface area contributed by atoms with Crippen molar-refractivity contribution in [3.05, 3.63) is 77.1 Å². The maximum Gasteiger partial charge on any atom is 0.278 e. The summed E-state index contributed by atoms with van der Waals surface area (Å²) < 4.78 is 15.9. The average Bonchev–Trinajstić information content (AvgIpc) is 3.44. The van der Waals surface area contributed by atoms with Gasteiger partial charge in [-0.25, -0.2) is 14.1 Å². The van der Waals surface area contributed by atoms with Crippen LogP contribution in [0.2, 0.25) is 0 Å². The number of benzene rings is 1. The molecule has 4 aromatic rings. The van der Waals surface area contributed by atoms with Crippen LogP contribution in [0.25, 0.3) is 16.3 Å². The second kappa shape index (κ2) is 7.46. The minimum Gasteiger partial charge on any atom is -0.296 e. The van der Waals surface area contributed by atoms with E-state index in [0.29, 0.717) is 16.5 Å². The fourth-order valence-corrected chi connectivity index (χ4v) is 4.72. The van der Waals surface area contributed by atoms with Gasteiger partial charge >= 0.3 is 0 Å². The number of thiazole rings is 1. The first-order valence-electron chi connectivity index (χ1n) is 9.67. The summed E-state index contributed by atoms with van der Waals surface area (Å²) >= 11 is 1.37. The van der Waals surface area contributed by atoms with Crippen LogP contribution in [0.1, 0.15) is 33.9 Å². The lowest BCUT2D eigenvalue weighted by atomic mass is 10.2. The van der Waals surface area contributed by atoms with Crippen molar-refractivity contribution in [1.82, 2.24) is 19.7 Å². The first-order chi connectivity index (χ1) is 14.6. The van der Waals surface area contributed by atoms with E-state index in [9.17, 15) is 9.18 Å². The van der Waals surface area contributed by atoms with Crippen LogP contribution in [-0.4, -0.2) is 25.7 Å². The number of fused-ring (bicyclic) bond motifs is 1. The number of nitrogens with one attached hydrogen (secondary N) is 1. The summed E-state index contributed by atoms with van der Waals surface area (Å²) in [6, 6.07) is 12.2. The highest BCUT2D eigenvalue weighted by atomic mass is 32.1. The molecule has 6 nitrogen and oxygen atoms in total. The molecular formula is C22H18FN5OS. The third-order valence-electron chi connectivity index (χ3n) is 5.14. The van der Waals surface area contributed by atoms with Crippen LogP contribution in [0, 0.1) is 12.7 Å². The number of hydrogen-bond donors (Lipinski definition) is 1. The molecule has 0 unspecified atom stereocenters. The maximum atomic E-state index is 14.3. The molecule has 0 bridgehead atoms.